The van der Waals surface area contributed by atoms with Crippen LogP contribution in [-0.2, 0) is 0 Å². The average molecular weight is 330 g/mol. The van der Waals surface area contributed by atoms with Gasteiger partial charge in [0.15, 0.2) is 0 Å². The van der Waals surface area contributed by atoms with E-state index in [0.29, 0.717) is 4.88 Å². The van der Waals surface area contributed by atoms with Crippen LogP contribution in [0.1, 0.15) is 9.67 Å². The Balaban J connectivity index is 2.46. The van der Waals surface area contributed by atoms with Crippen LogP contribution < -0.4 is 0 Å². The van der Waals surface area contributed by atoms with Crippen LogP contribution in [0.15, 0.2) is 36.4 Å². The minimum absolute atomic E-state index is 0.379. The Bertz CT molecular complexity index is 505. The fraction of sp³-hybridized carbons (Fsp3) is 0. The number of rotatable bonds is 2. The molecule has 0 aliphatic heterocycles. The molecule has 0 bridgehead atoms. The van der Waals surface area contributed by atoms with E-state index in [0.717, 1.165) is 14.0 Å². The quantitative estimate of drug-likeness (QED) is 0.852. The lowest BCUT2D eigenvalue weighted by atomic mass is 10.2. The molecule has 2 rings (SSSR count). The van der Waals surface area contributed by atoms with Crippen molar-refractivity contribution in [3.63, 3.8) is 0 Å². The Kier molecular flexibility index (Phi) is 3.06. The van der Waals surface area contributed by atoms with Gasteiger partial charge >= 0.3 is 5.97 Å². The van der Waals surface area contributed by atoms with E-state index in [9.17, 15) is 4.79 Å². The molecule has 0 saturated carbocycles. The van der Waals surface area contributed by atoms with Gasteiger partial charge in [0, 0.05) is 14.0 Å². The van der Waals surface area contributed by atoms with Crippen LogP contribution in [0.25, 0.3) is 10.4 Å². The number of carbonyl (C=O) groups is 1. The lowest BCUT2D eigenvalue weighted by Gasteiger charge is -1.99. The normalized spacial score (nSPS) is 10.2. The third-order valence-electron chi connectivity index (χ3n) is 1.96. The highest BCUT2D eigenvalue weighted by atomic mass is 127. The summed E-state index contributed by atoms with van der Waals surface area (Å²) >= 11 is 3.55. The predicted molar refractivity (Wildman–Crippen MR) is 69.4 cm³/mol. The van der Waals surface area contributed by atoms with Gasteiger partial charge < -0.3 is 5.11 Å². The number of hydrogen-bond acceptors (Lipinski definition) is 2. The van der Waals surface area contributed by atoms with Gasteiger partial charge in [0.05, 0.1) is 0 Å². The third kappa shape index (κ3) is 2.21. The largest absolute Gasteiger partial charge is 0.477 e. The zero-order valence-electron chi connectivity index (χ0n) is 7.61. The van der Waals surface area contributed by atoms with Gasteiger partial charge in [0.1, 0.15) is 4.88 Å². The maximum atomic E-state index is 10.7. The molecule has 0 amide bonds. The van der Waals surface area contributed by atoms with Crippen molar-refractivity contribution in [3.8, 4) is 10.4 Å². The summed E-state index contributed by atoms with van der Waals surface area (Å²) in [7, 11) is 0. The molecule has 0 aliphatic rings. The maximum Gasteiger partial charge on any atom is 0.345 e. The Morgan fingerprint density at radius 2 is 1.93 bits per heavy atom. The van der Waals surface area contributed by atoms with E-state index in [4.69, 9.17) is 5.11 Å². The van der Waals surface area contributed by atoms with Crippen LogP contribution in [0.2, 0.25) is 0 Å². The van der Waals surface area contributed by atoms with E-state index >= 15 is 0 Å². The first kappa shape index (κ1) is 10.6. The van der Waals surface area contributed by atoms with E-state index in [1.807, 2.05) is 30.3 Å². The van der Waals surface area contributed by atoms with Crippen molar-refractivity contribution in [2.24, 2.45) is 0 Å². The predicted octanol–water partition coefficient (Wildman–Crippen LogP) is 3.72. The van der Waals surface area contributed by atoms with Crippen molar-refractivity contribution in [1.29, 1.82) is 0 Å². The summed E-state index contributed by atoms with van der Waals surface area (Å²) in [6.07, 6.45) is 0. The average Bonchev–Trinajstić information content (AvgIpc) is 2.67. The molecule has 2 aromatic rings. The Labute approximate surface area is 105 Å². The number of aromatic carboxylic acids is 1. The van der Waals surface area contributed by atoms with Crippen LogP contribution in [-0.4, -0.2) is 11.1 Å². The SMILES string of the molecule is O=C(O)c1ccc(-c2ccccc2I)s1. The monoisotopic (exact) mass is 330 g/mol. The molecule has 2 nitrogen and oxygen atoms in total. The highest BCUT2D eigenvalue weighted by molar-refractivity contribution is 14.1. The smallest absolute Gasteiger partial charge is 0.345 e. The van der Waals surface area contributed by atoms with E-state index in [1.54, 1.807) is 6.07 Å². The van der Waals surface area contributed by atoms with Gasteiger partial charge in [-0.25, -0.2) is 4.79 Å². The fourth-order valence-electron chi connectivity index (χ4n) is 1.26. The van der Waals surface area contributed by atoms with Gasteiger partial charge in [0.25, 0.3) is 0 Å². The van der Waals surface area contributed by atoms with Crippen LogP contribution >= 0.6 is 33.9 Å². The topological polar surface area (TPSA) is 37.3 Å². The zero-order valence-corrected chi connectivity index (χ0v) is 10.6. The molecule has 0 radical (unpaired) electrons. The standard InChI is InChI=1S/C11H7IO2S/c12-8-4-2-1-3-7(8)9-5-6-10(15-9)11(13)14/h1-6H,(H,13,14). The lowest BCUT2D eigenvalue weighted by Crippen LogP contribution is -1.89. The van der Waals surface area contributed by atoms with Crippen molar-refractivity contribution in [3.05, 3.63) is 44.8 Å². The number of hydrogen-bond donors (Lipinski definition) is 1. The van der Waals surface area contributed by atoms with E-state index in [1.165, 1.54) is 11.3 Å². The second-order valence-electron chi connectivity index (χ2n) is 2.95. The summed E-state index contributed by atoms with van der Waals surface area (Å²) in [5.74, 6) is -0.864. The summed E-state index contributed by atoms with van der Waals surface area (Å²) in [6, 6.07) is 11.4. The summed E-state index contributed by atoms with van der Waals surface area (Å²) in [6.45, 7) is 0. The van der Waals surface area contributed by atoms with Gasteiger partial charge in [-0.1, -0.05) is 18.2 Å². The zero-order chi connectivity index (χ0) is 10.8. The van der Waals surface area contributed by atoms with Crippen molar-refractivity contribution in [2.45, 2.75) is 0 Å². The van der Waals surface area contributed by atoms with Crippen LogP contribution in [0, 0.1) is 3.57 Å². The molecule has 0 spiro atoms. The molecule has 15 heavy (non-hydrogen) atoms. The van der Waals surface area contributed by atoms with Crippen LogP contribution in [0.4, 0.5) is 0 Å². The molecule has 0 aliphatic carbocycles. The molecule has 4 heteroatoms. The molecule has 1 aromatic carbocycles. The lowest BCUT2D eigenvalue weighted by molar-refractivity contribution is 0.0702. The maximum absolute atomic E-state index is 10.7. The van der Waals surface area contributed by atoms with Crippen LogP contribution in [0.5, 0.6) is 0 Å². The first-order chi connectivity index (χ1) is 7.18. The van der Waals surface area contributed by atoms with Crippen molar-refractivity contribution < 1.29 is 9.90 Å². The van der Waals surface area contributed by atoms with Gasteiger partial charge in [-0.3, -0.25) is 0 Å². The van der Waals surface area contributed by atoms with Gasteiger partial charge in [-0.05, 0) is 40.8 Å². The third-order valence-corrected chi connectivity index (χ3v) is 4.00. The highest BCUT2D eigenvalue weighted by Crippen LogP contribution is 2.31. The van der Waals surface area contributed by atoms with E-state index in [-0.39, 0.29) is 0 Å². The molecular formula is C11H7IO2S. The highest BCUT2D eigenvalue weighted by Gasteiger charge is 2.09. The molecule has 76 valence electrons. The molecule has 0 atom stereocenters. The van der Waals surface area contributed by atoms with Gasteiger partial charge in [-0.2, -0.15) is 0 Å². The minimum Gasteiger partial charge on any atom is -0.477 e. The van der Waals surface area contributed by atoms with Crippen LogP contribution in [0.3, 0.4) is 0 Å². The number of carboxylic acid groups (broad SMARTS) is 1. The molecule has 1 aromatic heterocycles. The summed E-state index contributed by atoms with van der Waals surface area (Å²) in [4.78, 5) is 12.1. The molecule has 0 saturated heterocycles. The van der Waals surface area contributed by atoms with Crippen molar-refractivity contribution in [1.82, 2.24) is 0 Å². The van der Waals surface area contributed by atoms with Crippen molar-refractivity contribution in [2.75, 3.05) is 0 Å². The van der Waals surface area contributed by atoms with E-state index in [2.05, 4.69) is 22.6 Å². The fourth-order valence-corrected chi connectivity index (χ4v) is 3.00. The second-order valence-corrected chi connectivity index (χ2v) is 5.19. The van der Waals surface area contributed by atoms with E-state index < -0.39 is 5.97 Å². The summed E-state index contributed by atoms with van der Waals surface area (Å²) < 4.78 is 1.13. The van der Waals surface area contributed by atoms with Crippen molar-refractivity contribution >= 4 is 39.9 Å². The molecular weight excluding hydrogens is 323 g/mol. The molecule has 1 heterocycles. The van der Waals surface area contributed by atoms with Gasteiger partial charge in [0.2, 0.25) is 0 Å². The first-order valence-electron chi connectivity index (χ1n) is 4.26. The number of halogens is 1. The number of carboxylic acids is 1. The second kappa shape index (κ2) is 4.32. The Morgan fingerprint density at radius 1 is 1.20 bits per heavy atom. The summed E-state index contributed by atoms with van der Waals surface area (Å²) in [5.41, 5.74) is 1.09. The minimum atomic E-state index is -0.864. The Hall–Kier alpha value is -0.880. The Morgan fingerprint density at radius 3 is 2.53 bits per heavy atom. The van der Waals surface area contributed by atoms with Gasteiger partial charge in [-0.15, -0.1) is 11.3 Å². The first-order valence-corrected chi connectivity index (χ1v) is 6.16. The number of benzene rings is 1. The number of thiophene rings is 1. The molecule has 0 fully saturated rings. The summed E-state index contributed by atoms with van der Waals surface area (Å²) in [5, 5.41) is 8.82. The molecule has 1 N–H and O–H groups in total. The molecule has 0 unspecified atom stereocenters.